The predicted molar refractivity (Wildman–Crippen MR) is 193 cm³/mol. The molecule has 0 aliphatic heterocycles. The first kappa shape index (κ1) is 45.9. The Morgan fingerprint density at radius 2 is 1.44 bits per heavy atom. The molecule has 0 saturated carbocycles. The Morgan fingerprint density at radius 1 is 0.907 bits per heavy atom. The van der Waals surface area contributed by atoms with E-state index in [-0.39, 0.29) is 16.8 Å². The number of aliphatic imine (C=N–C) groups is 1. The van der Waals surface area contributed by atoms with Gasteiger partial charge in [-0.05, 0) is 94.6 Å². The number of methoxy groups -OCH3 is 1. The van der Waals surface area contributed by atoms with E-state index in [2.05, 4.69) is 104 Å². The fraction of sp³-hybridized carbons (Fsp3) is 0.795. The summed E-state index contributed by atoms with van der Waals surface area (Å²) in [5.41, 5.74) is 5.14. The Labute approximate surface area is 270 Å². The maximum absolute atomic E-state index is 12.9. The highest BCUT2D eigenvalue weighted by molar-refractivity contribution is 6.12. The minimum absolute atomic E-state index is 0.0146. The van der Waals surface area contributed by atoms with Gasteiger partial charge in [-0.25, -0.2) is 0 Å². The van der Waals surface area contributed by atoms with Crippen LogP contribution in [0.15, 0.2) is 39.6 Å². The van der Waals surface area contributed by atoms with Crippen molar-refractivity contribution in [3.63, 3.8) is 0 Å². The van der Waals surface area contributed by atoms with Crippen molar-refractivity contribution in [1.82, 2.24) is 0 Å². The molecular weight excluding hydrogens is 530 g/mol. The van der Waals surface area contributed by atoms with Crippen molar-refractivity contribution in [3.8, 4) is 0 Å². The third kappa shape index (κ3) is 23.5. The van der Waals surface area contributed by atoms with E-state index in [1.54, 1.807) is 13.3 Å². The van der Waals surface area contributed by atoms with Crippen LogP contribution in [0, 0.1) is 23.2 Å². The molecular formula is C39H75NO3. The Bertz CT molecular complexity index is 844. The molecule has 0 rings (SSSR count). The van der Waals surface area contributed by atoms with E-state index in [1.807, 2.05) is 13.8 Å². The SMILES string of the molecule is C=C(C=NC(/C(CCOC)=C(\C)C(C)(C)C)=C(\C)C(C)CC)C(=O)CCCC[C@@H](CC)COC(C)(C)C.CC.CC(C)C. The zero-order valence-corrected chi connectivity index (χ0v) is 32.1. The molecule has 254 valence electrons. The smallest absolute Gasteiger partial charge is 0.163 e. The zero-order valence-electron chi connectivity index (χ0n) is 32.1. The van der Waals surface area contributed by atoms with Crippen LogP contribution in [0.1, 0.15) is 156 Å². The highest BCUT2D eigenvalue weighted by Gasteiger charge is 2.22. The Kier molecular flexibility index (Phi) is 26.4. The van der Waals surface area contributed by atoms with Gasteiger partial charge in [-0.1, -0.05) is 101 Å². The van der Waals surface area contributed by atoms with Crippen molar-refractivity contribution < 1.29 is 14.3 Å². The average molecular weight is 606 g/mol. The first-order valence-corrected chi connectivity index (χ1v) is 17.1. The van der Waals surface area contributed by atoms with E-state index in [4.69, 9.17) is 14.5 Å². The maximum Gasteiger partial charge on any atom is 0.163 e. The van der Waals surface area contributed by atoms with Gasteiger partial charge in [0.15, 0.2) is 5.78 Å². The minimum Gasteiger partial charge on any atom is -0.384 e. The van der Waals surface area contributed by atoms with Crippen molar-refractivity contribution in [2.45, 2.75) is 161 Å². The van der Waals surface area contributed by atoms with E-state index >= 15 is 0 Å². The first-order chi connectivity index (χ1) is 19.8. The van der Waals surface area contributed by atoms with Crippen LogP contribution < -0.4 is 0 Å². The van der Waals surface area contributed by atoms with Crippen LogP contribution in [-0.2, 0) is 14.3 Å². The predicted octanol–water partition coefficient (Wildman–Crippen LogP) is 12.0. The van der Waals surface area contributed by atoms with Gasteiger partial charge in [-0.2, -0.15) is 0 Å². The van der Waals surface area contributed by atoms with Crippen molar-refractivity contribution >= 4 is 12.0 Å². The summed E-state index contributed by atoms with van der Waals surface area (Å²) in [5.74, 6) is 1.85. The number of rotatable bonds is 17. The molecule has 0 saturated heterocycles. The average Bonchev–Trinajstić information content (AvgIpc) is 2.92. The summed E-state index contributed by atoms with van der Waals surface area (Å²) < 4.78 is 11.4. The standard InChI is InChI=1S/C33H59NO3.C4H10.C2H6/c1-14-24(3)26(5)31(29(20-21-36-13)27(6)32(7,8)9)34-22-25(4)30(35)19-17-16-18-28(15-2)23-37-33(10,11)12;1-4(2)3;1-2/h22,24,28H,4,14-21,23H2,1-3,5-13H3;4H,1-3H3;1-2H3/b29-27+,31-26+,34-22?;;/t24?,28-;;/m1../s1. The highest BCUT2D eigenvalue weighted by Crippen LogP contribution is 2.35. The van der Waals surface area contributed by atoms with Gasteiger partial charge in [0, 0.05) is 25.3 Å². The lowest BCUT2D eigenvalue weighted by molar-refractivity contribution is -0.115. The molecule has 0 aliphatic rings. The Morgan fingerprint density at radius 3 is 1.86 bits per heavy atom. The molecule has 0 aromatic carbocycles. The number of carbonyl (C=O) groups is 1. The summed E-state index contributed by atoms with van der Waals surface area (Å²) in [6, 6.07) is 0. The molecule has 4 nitrogen and oxygen atoms in total. The molecule has 0 radical (unpaired) electrons. The molecule has 0 aromatic heterocycles. The van der Waals surface area contributed by atoms with Crippen LogP contribution in [-0.4, -0.2) is 37.9 Å². The number of unbranched alkanes of at least 4 members (excludes halogenated alkanes) is 1. The Balaban J connectivity index is -0.00000244. The lowest BCUT2D eigenvalue weighted by Crippen LogP contribution is -2.23. The van der Waals surface area contributed by atoms with Gasteiger partial charge in [-0.15, -0.1) is 0 Å². The van der Waals surface area contributed by atoms with E-state index in [0.29, 0.717) is 30.4 Å². The fourth-order valence-electron chi connectivity index (χ4n) is 3.96. The molecule has 0 fully saturated rings. The topological polar surface area (TPSA) is 47.9 Å². The third-order valence-corrected chi connectivity index (χ3v) is 7.45. The van der Waals surface area contributed by atoms with E-state index in [9.17, 15) is 4.79 Å². The third-order valence-electron chi connectivity index (χ3n) is 7.45. The van der Waals surface area contributed by atoms with Gasteiger partial charge in [0.2, 0.25) is 0 Å². The minimum atomic E-state index is -0.106. The van der Waals surface area contributed by atoms with Crippen LogP contribution in [0.2, 0.25) is 0 Å². The van der Waals surface area contributed by atoms with Crippen molar-refractivity contribution in [1.29, 1.82) is 0 Å². The summed E-state index contributed by atoms with van der Waals surface area (Å²) in [6.45, 7) is 40.0. The first-order valence-electron chi connectivity index (χ1n) is 17.1. The van der Waals surface area contributed by atoms with E-state index in [0.717, 1.165) is 56.7 Å². The normalized spacial score (nSPS) is 14.7. The molecule has 43 heavy (non-hydrogen) atoms. The summed E-state index contributed by atoms with van der Waals surface area (Å²) in [6.07, 6.45) is 8.11. The van der Waals surface area contributed by atoms with E-state index in [1.165, 1.54) is 16.7 Å². The number of ketones is 1. The van der Waals surface area contributed by atoms with Crippen molar-refractivity contribution in [2.24, 2.45) is 28.2 Å². The zero-order chi connectivity index (χ0) is 34.4. The summed E-state index contributed by atoms with van der Waals surface area (Å²) in [7, 11) is 1.74. The van der Waals surface area contributed by atoms with E-state index < -0.39 is 0 Å². The Hall–Kier alpha value is -1.52. The van der Waals surface area contributed by atoms with Gasteiger partial charge in [-0.3, -0.25) is 9.79 Å². The summed E-state index contributed by atoms with van der Waals surface area (Å²) >= 11 is 0. The molecule has 0 aromatic rings. The van der Waals surface area contributed by atoms with Crippen LogP contribution in [0.5, 0.6) is 0 Å². The van der Waals surface area contributed by atoms with Gasteiger partial charge in [0.05, 0.1) is 24.5 Å². The molecule has 0 amide bonds. The molecule has 0 spiro atoms. The van der Waals surface area contributed by atoms with Gasteiger partial charge >= 0.3 is 0 Å². The van der Waals surface area contributed by atoms with Crippen molar-refractivity contribution in [3.05, 3.63) is 34.6 Å². The van der Waals surface area contributed by atoms with Gasteiger partial charge in [0.25, 0.3) is 0 Å². The lowest BCUT2D eigenvalue weighted by atomic mass is 9.81. The van der Waals surface area contributed by atoms with Crippen LogP contribution in [0.3, 0.4) is 0 Å². The van der Waals surface area contributed by atoms with Gasteiger partial charge in [0.1, 0.15) is 0 Å². The van der Waals surface area contributed by atoms with Crippen LogP contribution in [0.25, 0.3) is 0 Å². The number of ether oxygens (including phenoxy) is 2. The molecule has 2 atom stereocenters. The molecule has 1 unspecified atom stereocenters. The largest absolute Gasteiger partial charge is 0.384 e. The molecule has 4 heteroatoms. The van der Waals surface area contributed by atoms with Gasteiger partial charge < -0.3 is 9.47 Å². The quantitative estimate of drug-likeness (QED) is 0.0717. The number of Topliss-reactive ketones (excluding diaryl/α,β-unsaturated/α-hetero) is 1. The lowest BCUT2D eigenvalue weighted by Gasteiger charge is -2.26. The number of allylic oxidation sites excluding steroid dienone is 4. The second-order valence-corrected chi connectivity index (χ2v) is 14.3. The monoisotopic (exact) mass is 606 g/mol. The second-order valence-electron chi connectivity index (χ2n) is 14.3. The molecule has 0 bridgehead atoms. The maximum atomic E-state index is 12.9. The summed E-state index contributed by atoms with van der Waals surface area (Å²) in [5, 5.41) is 0. The molecule has 0 aliphatic carbocycles. The van der Waals surface area contributed by atoms with Crippen LogP contribution in [0.4, 0.5) is 0 Å². The van der Waals surface area contributed by atoms with Crippen molar-refractivity contribution in [2.75, 3.05) is 20.3 Å². The number of hydrogen-bond donors (Lipinski definition) is 0. The van der Waals surface area contributed by atoms with Crippen LogP contribution >= 0.6 is 0 Å². The molecule has 0 N–H and O–H groups in total. The number of hydrogen-bond acceptors (Lipinski definition) is 4. The number of carbonyl (C=O) groups excluding carboxylic acids is 1. The molecule has 0 heterocycles. The second kappa shape index (κ2) is 24.8. The fourth-order valence-corrected chi connectivity index (χ4v) is 3.96. The number of nitrogens with zero attached hydrogens (tertiary/aromatic N) is 1. The summed E-state index contributed by atoms with van der Waals surface area (Å²) in [4.78, 5) is 17.8. The highest BCUT2D eigenvalue weighted by atomic mass is 16.5.